The van der Waals surface area contributed by atoms with Crippen LogP contribution in [0.3, 0.4) is 0 Å². The van der Waals surface area contributed by atoms with Crippen LogP contribution >= 0.6 is 0 Å². The molecule has 0 aliphatic rings. The van der Waals surface area contributed by atoms with Crippen molar-refractivity contribution in [2.75, 3.05) is 0 Å². The molecule has 4 heteroatoms. The van der Waals surface area contributed by atoms with Crippen molar-refractivity contribution in [3.63, 3.8) is 0 Å². The van der Waals surface area contributed by atoms with Gasteiger partial charge in [0.2, 0.25) is 0 Å². The minimum atomic E-state index is 0. The van der Waals surface area contributed by atoms with Gasteiger partial charge in [0, 0.05) is 132 Å². The molecular weight excluding hydrogens is 271 g/mol. The Balaban J connectivity index is 0. The van der Waals surface area contributed by atoms with Gasteiger partial charge in [0.25, 0.3) is 0 Å². The van der Waals surface area contributed by atoms with Crippen LogP contribution in [0.2, 0.25) is 0 Å². The summed E-state index contributed by atoms with van der Waals surface area (Å²) in [5, 5.41) is 0. The van der Waals surface area contributed by atoms with E-state index in [1.165, 1.54) is 0 Å². The summed E-state index contributed by atoms with van der Waals surface area (Å²) in [7, 11) is 0. The van der Waals surface area contributed by atoms with E-state index < -0.39 is 0 Å². The molecule has 32 valence electrons. The number of hydrogen-bond acceptors (Lipinski definition) is 0. The minimum Gasteiger partial charge on any atom is -0.412 e. The number of hydrogen-bond donors (Lipinski definition) is 0. The maximum absolute atomic E-state index is 0. The minimum absolute atomic E-state index is 0. The van der Waals surface area contributed by atoms with Crippen LogP contribution in [0.1, 0.15) is 0 Å². The molecule has 1 nitrogen and oxygen atoms in total. The van der Waals surface area contributed by atoms with E-state index in [9.17, 15) is 0 Å². The Morgan fingerprint density at radius 3 is 1.00 bits per heavy atom. The monoisotopic (exact) mass is 274 g/mol. The average Bonchev–Trinajstić information content (AvgIpc) is 0. The summed E-state index contributed by atoms with van der Waals surface area (Å²) in [6.45, 7) is 0. The van der Waals surface area contributed by atoms with Crippen LogP contribution in [0.15, 0.2) is 0 Å². The average molecular weight is 273 g/mol. The van der Waals surface area contributed by atoms with Gasteiger partial charge in [-0.3, -0.25) is 0 Å². The molecule has 0 saturated carbocycles. The first kappa shape index (κ1) is 24.0. The first-order chi connectivity index (χ1) is 0. The molecule has 4 heavy (non-hydrogen) atoms. The molecule has 0 spiro atoms. The van der Waals surface area contributed by atoms with Gasteiger partial charge in [-0.15, -0.1) is 0 Å². The zero-order valence-electron chi connectivity index (χ0n) is 1.56. The Bertz CT molecular complexity index is 8.00. The van der Waals surface area contributed by atoms with Gasteiger partial charge in [-0.1, -0.05) is 0 Å². The van der Waals surface area contributed by atoms with Gasteiger partial charge in [-0.2, -0.15) is 0 Å². The van der Waals surface area contributed by atoms with E-state index in [1.54, 1.807) is 0 Å². The van der Waals surface area contributed by atoms with Gasteiger partial charge in [0.15, 0.2) is 0 Å². The molecule has 2 N–H and O–H groups in total. The smallest absolute Gasteiger partial charge is 0 e. The third-order valence-corrected chi connectivity index (χ3v) is 0. The predicted octanol–water partition coefficient (Wildman–Crippen LogP) is -0.825. The third-order valence-electron chi connectivity index (χ3n) is 0. The summed E-state index contributed by atoms with van der Waals surface area (Å²) in [6.07, 6.45) is 0. The van der Waals surface area contributed by atoms with Gasteiger partial charge in [-0.25, -0.2) is 0 Å². The van der Waals surface area contributed by atoms with E-state index in [0.29, 0.717) is 0 Å². The Labute approximate surface area is 133 Å². The molecule has 0 aromatic heterocycles. The Hall–Kier alpha value is 4.27. The van der Waals surface area contributed by atoms with Crippen molar-refractivity contribution in [3.05, 3.63) is 0 Å². The van der Waals surface area contributed by atoms with Crippen LogP contribution in [0.5, 0.6) is 0 Å². The quantitative estimate of drug-likeness (QED) is 0.552. The van der Waals surface area contributed by atoms with Crippen LogP contribution < -0.4 is 0 Å². The maximum atomic E-state index is 0. The summed E-state index contributed by atoms with van der Waals surface area (Å²) in [6, 6.07) is 0. The molecule has 0 aliphatic carbocycles. The van der Waals surface area contributed by atoms with Crippen LogP contribution in [0, 0.1) is 132 Å². The first-order valence-corrected chi connectivity index (χ1v) is 0. The van der Waals surface area contributed by atoms with Crippen molar-refractivity contribution in [2.45, 2.75) is 0 Å². The molecular formula is H2ArKrOXe. The molecule has 0 atom stereocenters. The van der Waals surface area contributed by atoms with Crippen LogP contribution in [-0.4, -0.2) is 5.48 Å². The van der Waals surface area contributed by atoms with Gasteiger partial charge in [0.1, 0.15) is 0 Å². The molecule has 0 saturated heterocycles. The SMILES string of the molecule is O.[Ar].[Kr].[Xe]. The van der Waals surface area contributed by atoms with Crippen molar-refractivity contribution < 1.29 is 138 Å². The van der Waals surface area contributed by atoms with Crippen molar-refractivity contribution in [1.82, 2.24) is 0 Å². The zero-order chi connectivity index (χ0) is 0. The molecule has 0 bridgehead atoms. The van der Waals surface area contributed by atoms with E-state index >= 15 is 0 Å². The normalized spacial score (nSPS) is 0. The van der Waals surface area contributed by atoms with Crippen molar-refractivity contribution in [2.24, 2.45) is 0 Å². The standard InChI is InChI=1S/Ar.Kr.H2O.Xe/h;;1H2;. The molecule has 0 aliphatic heterocycles. The van der Waals surface area contributed by atoms with Gasteiger partial charge in [0.05, 0.1) is 0 Å². The molecule has 0 aromatic carbocycles. The van der Waals surface area contributed by atoms with E-state index in [1.807, 2.05) is 0 Å². The number of rotatable bonds is 0. The largest absolute Gasteiger partial charge is 0.412 e. The molecule has 0 radical (unpaired) electrons. The molecule has 0 unspecified atom stereocenters. The van der Waals surface area contributed by atoms with Crippen molar-refractivity contribution in [3.8, 4) is 0 Å². The molecule has 0 rings (SSSR count). The molecule has 0 heterocycles. The summed E-state index contributed by atoms with van der Waals surface area (Å²) < 4.78 is 0. The second-order valence-electron chi connectivity index (χ2n) is 0. The fourth-order valence-corrected chi connectivity index (χ4v) is 0. The summed E-state index contributed by atoms with van der Waals surface area (Å²) in [5.74, 6) is 0. The third kappa shape index (κ3) is 9.55. The molecule has 0 fully saturated rings. The van der Waals surface area contributed by atoms with E-state index in [2.05, 4.69) is 0 Å². The fourth-order valence-electron chi connectivity index (χ4n) is 0. The summed E-state index contributed by atoms with van der Waals surface area (Å²) in [4.78, 5) is 0. The second kappa shape index (κ2) is 15.7. The van der Waals surface area contributed by atoms with Crippen LogP contribution in [-0.2, 0) is 0 Å². The summed E-state index contributed by atoms with van der Waals surface area (Å²) in [5.41, 5.74) is 0. The van der Waals surface area contributed by atoms with E-state index in [0.717, 1.165) is 0 Å². The second-order valence-corrected chi connectivity index (χ2v) is 0. The Morgan fingerprint density at radius 1 is 1.00 bits per heavy atom. The summed E-state index contributed by atoms with van der Waals surface area (Å²) >= 11 is 0. The predicted molar refractivity (Wildman–Crippen MR) is 3.61 cm³/mol. The molecule has 0 amide bonds. The topological polar surface area (TPSA) is 31.5 Å². The van der Waals surface area contributed by atoms with E-state index in [4.69, 9.17) is 0 Å². The Morgan fingerprint density at radius 2 is 1.00 bits per heavy atom. The first-order valence-electron chi connectivity index (χ1n) is 0. The van der Waals surface area contributed by atoms with Crippen LogP contribution in [0.4, 0.5) is 0 Å². The molecule has 0 aromatic rings. The van der Waals surface area contributed by atoms with Gasteiger partial charge < -0.3 is 5.48 Å². The van der Waals surface area contributed by atoms with Gasteiger partial charge >= 0.3 is 0 Å². The fraction of sp³-hybridized carbons (Fsp3) is 0. The van der Waals surface area contributed by atoms with Crippen LogP contribution in [0.25, 0.3) is 0 Å². The van der Waals surface area contributed by atoms with Crippen molar-refractivity contribution in [1.29, 1.82) is 0 Å². The maximum Gasteiger partial charge on any atom is 0 e. The van der Waals surface area contributed by atoms with E-state index in [-0.39, 0.29) is 138 Å². The zero-order valence-corrected chi connectivity index (χ0v) is 5.77. The van der Waals surface area contributed by atoms with Crippen molar-refractivity contribution >= 4 is 0 Å². The Kier molecular flexibility index (Phi) is 93.9. The van der Waals surface area contributed by atoms with Gasteiger partial charge in [-0.05, 0) is 0 Å².